The Kier molecular flexibility index (Phi) is 3.63. The first-order valence-corrected chi connectivity index (χ1v) is 5.95. The van der Waals surface area contributed by atoms with Crippen molar-refractivity contribution in [2.75, 3.05) is 11.4 Å². The fraction of sp³-hybridized carbons (Fsp3) is 0.500. The van der Waals surface area contributed by atoms with Gasteiger partial charge in [0, 0.05) is 19.0 Å². The van der Waals surface area contributed by atoms with Crippen LogP contribution in [-0.2, 0) is 0 Å². The summed E-state index contributed by atoms with van der Waals surface area (Å²) in [6.45, 7) is 1.02. The molecule has 0 amide bonds. The van der Waals surface area contributed by atoms with Gasteiger partial charge >= 0.3 is 0 Å². The first kappa shape index (κ1) is 11.2. The topological polar surface area (TPSA) is 39.9 Å². The third kappa shape index (κ3) is 2.45. The molecule has 3 nitrogen and oxygen atoms in total. The van der Waals surface area contributed by atoms with Gasteiger partial charge in [0.05, 0.1) is 6.07 Å². The highest BCUT2D eigenvalue weighted by molar-refractivity contribution is 6.29. The highest BCUT2D eigenvalue weighted by Gasteiger charge is 2.25. The zero-order valence-corrected chi connectivity index (χ0v) is 9.82. The Hall–Kier alpha value is -1.27. The molecule has 1 saturated heterocycles. The van der Waals surface area contributed by atoms with Gasteiger partial charge < -0.3 is 4.90 Å². The van der Waals surface area contributed by atoms with Crippen LogP contribution in [0.4, 0.5) is 5.82 Å². The molecule has 1 aliphatic heterocycles. The molecule has 0 unspecified atom stereocenters. The molecule has 0 aliphatic carbocycles. The SMILES string of the molecule is N#CCC[C@H]1CCCN1c1cccc(Cl)n1. The molecule has 0 bridgehead atoms. The third-order valence-corrected chi connectivity index (χ3v) is 3.17. The molecule has 0 aromatic carbocycles. The van der Waals surface area contributed by atoms with Gasteiger partial charge in [0.2, 0.25) is 0 Å². The summed E-state index contributed by atoms with van der Waals surface area (Å²) in [5.41, 5.74) is 0. The Morgan fingerprint density at radius 1 is 1.56 bits per heavy atom. The van der Waals surface area contributed by atoms with Crippen molar-refractivity contribution < 1.29 is 0 Å². The van der Waals surface area contributed by atoms with Crippen molar-refractivity contribution in [2.45, 2.75) is 31.7 Å². The molecule has 0 N–H and O–H groups in total. The Balaban J connectivity index is 2.11. The molecule has 0 spiro atoms. The lowest BCUT2D eigenvalue weighted by Gasteiger charge is -2.25. The zero-order chi connectivity index (χ0) is 11.4. The van der Waals surface area contributed by atoms with Gasteiger partial charge in [0.1, 0.15) is 11.0 Å². The standard InChI is InChI=1S/C12H14ClN3/c13-11-6-1-7-12(15-11)16-9-3-5-10(16)4-2-8-14/h1,6-7,10H,2-5,9H2/t10-/m0/s1. The molecule has 84 valence electrons. The summed E-state index contributed by atoms with van der Waals surface area (Å²) in [6, 6.07) is 8.34. The monoisotopic (exact) mass is 235 g/mol. The van der Waals surface area contributed by atoms with E-state index in [-0.39, 0.29) is 0 Å². The van der Waals surface area contributed by atoms with E-state index in [9.17, 15) is 0 Å². The van der Waals surface area contributed by atoms with Gasteiger partial charge in [-0.05, 0) is 31.4 Å². The van der Waals surface area contributed by atoms with Crippen LogP contribution >= 0.6 is 11.6 Å². The van der Waals surface area contributed by atoms with Crippen LogP contribution in [0.5, 0.6) is 0 Å². The van der Waals surface area contributed by atoms with Crippen LogP contribution in [0.15, 0.2) is 18.2 Å². The largest absolute Gasteiger partial charge is 0.354 e. The maximum absolute atomic E-state index is 8.62. The quantitative estimate of drug-likeness (QED) is 0.757. The molecule has 0 saturated carbocycles. The second-order valence-corrected chi connectivity index (χ2v) is 4.39. The molecule has 1 aromatic heterocycles. The smallest absolute Gasteiger partial charge is 0.131 e. The average molecular weight is 236 g/mol. The Morgan fingerprint density at radius 2 is 2.44 bits per heavy atom. The van der Waals surface area contributed by atoms with Crippen LogP contribution < -0.4 is 4.90 Å². The first-order chi connectivity index (χ1) is 7.81. The lowest BCUT2D eigenvalue weighted by Crippen LogP contribution is -2.29. The van der Waals surface area contributed by atoms with E-state index in [2.05, 4.69) is 16.0 Å². The number of hydrogen-bond acceptors (Lipinski definition) is 3. The van der Waals surface area contributed by atoms with Crippen LogP contribution in [0.1, 0.15) is 25.7 Å². The van der Waals surface area contributed by atoms with E-state index >= 15 is 0 Å². The number of nitriles is 1. The Labute approximate surface area is 101 Å². The second-order valence-electron chi connectivity index (χ2n) is 4.00. The maximum atomic E-state index is 8.62. The van der Waals surface area contributed by atoms with Gasteiger partial charge in [-0.3, -0.25) is 0 Å². The van der Waals surface area contributed by atoms with Gasteiger partial charge in [-0.2, -0.15) is 5.26 Å². The summed E-state index contributed by atoms with van der Waals surface area (Å²) in [4.78, 5) is 6.59. The first-order valence-electron chi connectivity index (χ1n) is 5.57. The summed E-state index contributed by atoms with van der Waals surface area (Å²) in [5, 5.41) is 9.15. The Morgan fingerprint density at radius 3 is 3.19 bits per heavy atom. The number of hydrogen-bond donors (Lipinski definition) is 0. The summed E-state index contributed by atoms with van der Waals surface area (Å²) >= 11 is 5.89. The Bertz CT molecular complexity index is 399. The number of rotatable bonds is 3. The highest BCUT2D eigenvalue weighted by Crippen LogP contribution is 2.27. The number of pyridine rings is 1. The molecular formula is C12H14ClN3. The number of halogens is 1. The predicted octanol–water partition coefficient (Wildman–Crippen LogP) is 3.01. The van der Waals surface area contributed by atoms with E-state index in [1.165, 1.54) is 6.42 Å². The zero-order valence-electron chi connectivity index (χ0n) is 9.06. The molecule has 1 atom stereocenters. The van der Waals surface area contributed by atoms with Gasteiger partial charge in [-0.1, -0.05) is 17.7 Å². The molecular weight excluding hydrogens is 222 g/mol. The summed E-state index contributed by atoms with van der Waals surface area (Å²) < 4.78 is 0. The van der Waals surface area contributed by atoms with Gasteiger partial charge in [-0.25, -0.2) is 4.98 Å². The third-order valence-electron chi connectivity index (χ3n) is 2.96. The number of nitrogens with zero attached hydrogens (tertiary/aromatic N) is 3. The van der Waals surface area contributed by atoms with Gasteiger partial charge in [-0.15, -0.1) is 0 Å². The number of aromatic nitrogens is 1. The van der Waals surface area contributed by atoms with Crippen LogP contribution in [0.25, 0.3) is 0 Å². The minimum atomic E-state index is 0.450. The molecule has 1 aliphatic rings. The summed E-state index contributed by atoms with van der Waals surface area (Å²) in [6.07, 6.45) is 3.85. The fourth-order valence-electron chi connectivity index (χ4n) is 2.23. The van der Waals surface area contributed by atoms with Crippen molar-refractivity contribution in [3.63, 3.8) is 0 Å². The van der Waals surface area contributed by atoms with Crippen molar-refractivity contribution in [2.24, 2.45) is 0 Å². The van der Waals surface area contributed by atoms with Gasteiger partial charge in [0.15, 0.2) is 0 Å². The maximum Gasteiger partial charge on any atom is 0.131 e. The molecule has 2 rings (SSSR count). The molecule has 0 radical (unpaired) electrons. The van der Waals surface area contributed by atoms with Crippen LogP contribution in [0.2, 0.25) is 5.15 Å². The fourth-order valence-corrected chi connectivity index (χ4v) is 2.39. The molecule has 1 fully saturated rings. The molecule has 2 heterocycles. The van der Waals surface area contributed by atoms with Crippen LogP contribution in [-0.4, -0.2) is 17.6 Å². The van der Waals surface area contributed by atoms with Crippen molar-refractivity contribution in [3.8, 4) is 6.07 Å². The van der Waals surface area contributed by atoms with Crippen molar-refractivity contribution in [3.05, 3.63) is 23.4 Å². The van der Waals surface area contributed by atoms with E-state index in [1.54, 1.807) is 6.07 Å². The van der Waals surface area contributed by atoms with E-state index in [0.717, 1.165) is 25.2 Å². The summed E-state index contributed by atoms with van der Waals surface area (Å²) in [5.74, 6) is 0.938. The van der Waals surface area contributed by atoms with E-state index in [1.807, 2.05) is 12.1 Å². The number of anilines is 1. The lowest BCUT2D eigenvalue weighted by atomic mass is 10.1. The molecule has 1 aromatic rings. The van der Waals surface area contributed by atoms with Crippen molar-refractivity contribution >= 4 is 17.4 Å². The normalized spacial score (nSPS) is 19.8. The van der Waals surface area contributed by atoms with Crippen molar-refractivity contribution in [1.82, 2.24) is 4.98 Å². The predicted molar refractivity (Wildman–Crippen MR) is 64.5 cm³/mol. The summed E-state index contributed by atoms with van der Waals surface area (Å²) in [7, 11) is 0. The second kappa shape index (κ2) is 5.18. The van der Waals surface area contributed by atoms with Crippen LogP contribution in [0.3, 0.4) is 0 Å². The molecule has 16 heavy (non-hydrogen) atoms. The molecule has 4 heteroatoms. The van der Waals surface area contributed by atoms with Crippen molar-refractivity contribution in [1.29, 1.82) is 5.26 Å². The van der Waals surface area contributed by atoms with Crippen LogP contribution in [0, 0.1) is 11.3 Å². The van der Waals surface area contributed by atoms with Gasteiger partial charge in [0.25, 0.3) is 0 Å². The minimum Gasteiger partial charge on any atom is -0.354 e. The average Bonchev–Trinajstić information content (AvgIpc) is 2.74. The highest BCUT2D eigenvalue weighted by atomic mass is 35.5. The van der Waals surface area contributed by atoms with E-state index in [4.69, 9.17) is 16.9 Å². The van der Waals surface area contributed by atoms with E-state index in [0.29, 0.717) is 17.6 Å². The van der Waals surface area contributed by atoms with E-state index < -0.39 is 0 Å². The lowest BCUT2D eigenvalue weighted by molar-refractivity contribution is 0.616. The minimum absolute atomic E-state index is 0.450.